The lowest BCUT2D eigenvalue weighted by molar-refractivity contribution is 0.102. The lowest BCUT2D eigenvalue weighted by Crippen LogP contribution is -2.49. The van der Waals surface area contributed by atoms with Gasteiger partial charge in [0, 0.05) is 37.1 Å². The van der Waals surface area contributed by atoms with Crippen LogP contribution in [0.1, 0.15) is 22.3 Å². The molecule has 0 bridgehead atoms. The first-order chi connectivity index (χ1) is 14.6. The predicted octanol–water partition coefficient (Wildman–Crippen LogP) is 4.82. The van der Waals surface area contributed by atoms with Crippen molar-refractivity contribution in [3.8, 4) is 0 Å². The number of halogens is 1. The zero-order valence-electron chi connectivity index (χ0n) is 16.3. The summed E-state index contributed by atoms with van der Waals surface area (Å²) in [6.45, 7) is 1.89. The SMILES string of the molecule is O=C(Nc1cccnc1Cl)c1cccc(N2CCCN(Cc3ccccc3)C2=O)c1. The van der Waals surface area contributed by atoms with Crippen LogP contribution in [0.4, 0.5) is 16.2 Å². The fourth-order valence-electron chi connectivity index (χ4n) is 3.46. The summed E-state index contributed by atoms with van der Waals surface area (Å²) in [5.74, 6) is -0.308. The summed E-state index contributed by atoms with van der Waals surface area (Å²) >= 11 is 6.03. The molecule has 2 aromatic carbocycles. The van der Waals surface area contributed by atoms with Crippen molar-refractivity contribution >= 4 is 34.9 Å². The molecule has 0 aliphatic carbocycles. The summed E-state index contributed by atoms with van der Waals surface area (Å²) in [5, 5.41) is 2.99. The lowest BCUT2D eigenvalue weighted by atomic mass is 10.1. The van der Waals surface area contributed by atoms with Gasteiger partial charge in [0.25, 0.3) is 5.91 Å². The monoisotopic (exact) mass is 420 g/mol. The Labute approximate surface area is 180 Å². The predicted molar refractivity (Wildman–Crippen MR) is 118 cm³/mol. The van der Waals surface area contributed by atoms with Crippen LogP contribution in [0.15, 0.2) is 72.9 Å². The number of rotatable bonds is 5. The molecule has 0 radical (unpaired) electrons. The molecule has 30 heavy (non-hydrogen) atoms. The summed E-state index contributed by atoms with van der Waals surface area (Å²) < 4.78 is 0. The molecule has 3 amide bonds. The molecule has 1 aliphatic rings. The fraction of sp³-hybridized carbons (Fsp3) is 0.174. The van der Waals surface area contributed by atoms with E-state index in [1.807, 2.05) is 41.3 Å². The van der Waals surface area contributed by atoms with Gasteiger partial charge in [-0.05, 0) is 42.3 Å². The maximum Gasteiger partial charge on any atom is 0.324 e. The van der Waals surface area contributed by atoms with Crippen molar-refractivity contribution in [3.63, 3.8) is 0 Å². The molecule has 3 aromatic rings. The number of nitrogens with zero attached hydrogens (tertiary/aromatic N) is 3. The average molecular weight is 421 g/mol. The number of nitrogens with one attached hydrogen (secondary N) is 1. The first-order valence-corrected chi connectivity index (χ1v) is 10.1. The molecule has 0 atom stereocenters. The van der Waals surface area contributed by atoms with E-state index in [9.17, 15) is 9.59 Å². The molecule has 7 heteroatoms. The Morgan fingerprint density at radius 2 is 1.87 bits per heavy atom. The van der Waals surface area contributed by atoms with Crippen LogP contribution in [0.5, 0.6) is 0 Å². The number of anilines is 2. The van der Waals surface area contributed by atoms with Crippen LogP contribution in [0.3, 0.4) is 0 Å². The van der Waals surface area contributed by atoms with Gasteiger partial charge in [-0.25, -0.2) is 9.78 Å². The van der Waals surface area contributed by atoms with Gasteiger partial charge in [-0.1, -0.05) is 48.0 Å². The molecule has 1 N–H and O–H groups in total. The molecule has 0 spiro atoms. The second-order valence-corrected chi connectivity index (χ2v) is 7.40. The quantitative estimate of drug-likeness (QED) is 0.602. The third kappa shape index (κ3) is 4.44. The van der Waals surface area contributed by atoms with Gasteiger partial charge in [-0.2, -0.15) is 0 Å². The van der Waals surface area contributed by atoms with Crippen molar-refractivity contribution in [1.29, 1.82) is 0 Å². The van der Waals surface area contributed by atoms with Crippen LogP contribution in [-0.2, 0) is 6.54 Å². The van der Waals surface area contributed by atoms with E-state index in [4.69, 9.17) is 11.6 Å². The number of aromatic nitrogens is 1. The Balaban J connectivity index is 1.50. The molecule has 1 aromatic heterocycles. The zero-order chi connectivity index (χ0) is 20.9. The highest BCUT2D eigenvalue weighted by atomic mass is 35.5. The van der Waals surface area contributed by atoms with Crippen LogP contribution >= 0.6 is 11.6 Å². The van der Waals surface area contributed by atoms with Gasteiger partial charge in [-0.15, -0.1) is 0 Å². The Bertz CT molecular complexity index is 1060. The summed E-state index contributed by atoms with van der Waals surface area (Å²) in [4.78, 5) is 33.3. The fourth-order valence-corrected chi connectivity index (χ4v) is 3.63. The molecule has 0 saturated carbocycles. The van der Waals surface area contributed by atoms with E-state index in [1.54, 1.807) is 41.4 Å². The zero-order valence-corrected chi connectivity index (χ0v) is 17.0. The highest BCUT2D eigenvalue weighted by Gasteiger charge is 2.27. The smallest absolute Gasteiger partial charge is 0.320 e. The van der Waals surface area contributed by atoms with Crippen molar-refractivity contribution in [2.45, 2.75) is 13.0 Å². The summed E-state index contributed by atoms with van der Waals surface area (Å²) in [5.41, 5.74) is 2.68. The Hall–Kier alpha value is -3.38. The number of pyridine rings is 1. The van der Waals surface area contributed by atoms with Crippen molar-refractivity contribution < 1.29 is 9.59 Å². The van der Waals surface area contributed by atoms with Crippen LogP contribution in [0.2, 0.25) is 5.15 Å². The van der Waals surface area contributed by atoms with E-state index < -0.39 is 0 Å². The van der Waals surface area contributed by atoms with E-state index >= 15 is 0 Å². The largest absolute Gasteiger partial charge is 0.324 e. The third-order valence-electron chi connectivity index (χ3n) is 4.95. The molecule has 1 saturated heterocycles. The Morgan fingerprint density at radius 3 is 2.67 bits per heavy atom. The minimum absolute atomic E-state index is 0.0574. The number of carbonyl (C=O) groups excluding carboxylic acids is 2. The second-order valence-electron chi connectivity index (χ2n) is 7.04. The van der Waals surface area contributed by atoms with Crippen molar-refractivity contribution in [3.05, 3.63) is 89.2 Å². The van der Waals surface area contributed by atoms with Crippen LogP contribution < -0.4 is 10.2 Å². The van der Waals surface area contributed by atoms with Gasteiger partial charge < -0.3 is 10.2 Å². The number of carbonyl (C=O) groups is 2. The van der Waals surface area contributed by atoms with Gasteiger partial charge >= 0.3 is 6.03 Å². The van der Waals surface area contributed by atoms with E-state index in [-0.39, 0.29) is 17.1 Å². The van der Waals surface area contributed by atoms with E-state index in [0.717, 1.165) is 12.0 Å². The van der Waals surface area contributed by atoms with Crippen LogP contribution in [0, 0.1) is 0 Å². The van der Waals surface area contributed by atoms with Crippen molar-refractivity contribution in [1.82, 2.24) is 9.88 Å². The molecule has 152 valence electrons. The highest BCUT2D eigenvalue weighted by molar-refractivity contribution is 6.32. The first-order valence-electron chi connectivity index (χ1n) is 9.74. The highest BCUT2D eigenvalue weighted by Crippen LogP contribution is 2.24. The van der Waals surface area contributed by atoms with Gasteiger partial charge in [-0.3, -0.25) is 9.69 Å². The van der Waals surface area contributed by atoms with Crippen LogP contribution in [0.25, 0.3) is 0 Å². The minimum atomic E-state index is -0.308. The lowest BCUT2D eigenvalue weighted by Gasteiger charge is -2.35. The summed E-state index contributed by atoms with van der Waals surface area (Å²) in [6, 6.07) is 20.3. The maximum atomic E-state index is 13.1. The number of hydrogen-bond acceptors (Lipinski definition) is 3. The molecule has 1 fully saturated rings. The van der Waals surface area contributed by atoms with Crippen molar-refractivity contribution in [2.75, 3.05) is 23.3 Å². The Morgan fingerprint density at radius 1 is 1.03 bits per heavy atom. The Kier molecular flexibility index (Phi) is 5.95. The minimum Gasteiger partial charge on any atom is -0.320 e. The second kappa shape index (κ2) is 8.97. The van der Waals surface area contributed by atoms with Gasteiger partial charge in [0.05, 0.1) is 5.69 Å². The van der Waals surface area contributed by atoms with E-state index in [0.29, 0.717) is 36.6 Å². The van der Waals surface area contributed by atoms with E-state index in [2.05, 4.69) is 10.3 Å². The molecule has 6 nitrogen and oxygen atoms in total. The molecule has 2 heterocycles. The average Bonchev–Trinajstić information content (AvgIpc) is 2.77. The summed E-state index contributed by atoms with van der Waals surface area (Å²) in [7, 11) is 0. The molecule has 1 aliphatic heterocycles. The topological polar surface area (TPSA) is 65.5 Å². The van der Waals surface area contributed by atoms with Gasteiger partial charge in [0.15, 0.2) is 5.15 Å². The standard InChI is InChI=1S/C23H21ClN4O2/c24-21-20(11-5-12-25-21)26-22(29)18-9-4-10-19(15-18)28-14-6-13-27(23(28)30)16-17-7-2-1-3-8-17/h1-5,7-12,15H,6,13-14,16H2,(H,26,29). The normalized spacial score (nSPS) is 14.0. The summed E-state index contributed by atoms with van der Waals surface area (Å²) in [6.07, 6.45) is 2.42. The van der Waals surface area contributed by atoms with Crippen LogP contribution in [-0.4, -0.2) is 34.9 Å². The maximum absolute atomic E-state index is 13.1. The van der Waals surface area contributed by atoms with E-state index in [1.165, 1.54) is 0 Å². The number of hydrogen-bond donors (Lipinski definition) is 1. The molecule has 0 unspecified atom stereocenters. The molecular formula is C23H21ClN4O2. The molecular weight excluding hydrogens is 400 g/mol. The number of benzene rings is 2. The third-order valence-corrected chi connectivity index (χ3v) is 5.26. The van der Waals surface area contributed by atoms with Crippen molar-refractivity contribution in [2.24, 2.45) is 0 Å². The van der Waals surface area contributed by atoms with Gasteiger partial charge in [0.2, 0.25) is 0 Å². The first kappa shape index (κ1) is 19.9. The molecule has 4 rings (SSSR count). The van der Waals surface area contributed by atoms with Gasteiger partial charge in [0.1, 0.15) is 0 Å². The number of urea groups is 1. The number of amides is 3.